The Labute approximate surface area is 131 Å². The van der Waals surface area contributed by atoms with Gasteiger partial charge in [-0.15, -0.1) is 11.3 Å². The fourth-order valence-electron chi connectivity index (χ4n) is 3.06. The number of nitrogens with one attached hydrogen (secondary N) is 1. The normalized spacial score (nSPS) is 24.9. The zero-order valence-electron chi connectivity index (χ0n) is 12.9. The van der Waals surface area contributed by atoms with Crippen LogP contribution < -0.4 is 5.32 Å². The molecule has 3 nitrogen and oxygen atoms in total. The van der Waals surface area contributed by atoms with E-state index in [-0.39, 0.29) is 0 Å². The van der Waals surface area contributed by atoms with Crippen LogP contribution in [-0.4, -0.2) is 29.0 Å². The van der Waals surface area contributed by atoms with Gasteiger partial charge >= 0.3 is 0 Å². The minimum atomic E-state index is 0.360. The maximum atomic E-state index is 4.60. The summed E-state index contributed by atoms with van der Waals surface area (Å²) >= 11 is 1.81. The molecule has 0 aliphatic carbocycles. The lowest BCUT2D eigenvalue weighted by Crippen LogP contribution is -2.51. The van der Waals surface area contributed by atoms with Gasteiger partial charge in [-0.1, -0.05) is 30.3 Å². The first-order valence-corrected chi connectivity index (χ1v) is 8.43. The Morgan fingerprint density at radius 1 is 1.33 bits per heavy atom. The van der Waals surface area contributed by atoms with Gasteiger partial charge in [-0.25, -0.2) is 4.98 Å². The summed E-state index contributed by atoms with van der Waals surface area (Å²) < 4.78 is 0. The van der Waals surface area contributed by atoms with E-state index in [2.05, 4.69) is 66.3 Å². The average molecular weight is 301 g/mol. The molecule has 1 aliphatic rings. The number of aryl methyl sites for hydroxylation is 1. The summed E-state index contributed by atoms with van der Waals surface area (Å²) in [6.45, 7) is 8.72. The molecule has 2 aromatic rings. The Kier molecular flexibility index (Phi) is 4.38. The number of piperazine rings is 1. The molecule has 3 atom stereocenters. The van der Waals surface area contributed by atoms with Gasteiger partial charge in [-0.3, -0.25) is 4.90 Å². The van der Waals surface area contributed by atoms with Crippen LogP contribution in [0.5, 0.6) is 0 Å². The summed E-state index contributed by atoms with van der Waals surface area (Å²) in [7, 11) is 0. The smallest absolute Gasteiger partial charge is 0.110 e. The summed E-state index contributed by atoms with van der Waals surface area (Å²) in [6, 6.07) is 12.1. The number of aromatic nitrogens is 1. The Balaban J connectivity index is 1.88. The van der Waals surface area contributed by atoms with E-state index >= 15 is 0 Å². The Hall–Kier alpha value is -1.23. The summed E-state index contributed by atoms with van der Waals surface area (Å²) in [4.78, 5) is 8.48. The molecule has 0 amide bonds. The van der Waals surface area contributed by atoms with E-state index in [1.165, 1.54) is 15.4 Å². The number of thiazole rings is 1. The highest BCUT2D eigenvalue weighted by Gasteiger charge is 2.32. The van der Waals surface area contributed by atoms with Crippen LogP contribution in [0.3, 0.4) is 0 Å². The zero-order valence-corrected chi connectivity index (χ0v) is 13.7. The standard InChI is InChI=1S/C17H23N3S/c1-12-11-20(14(3)17-19-9-13(2)21-17)16(10-18-12)15-7-5-4-6-8-15/h4-9,12,14,16,18H,10-11H2,1-3H3. The predicted octanol–water partition coefficient (Wildman–Crippen LogP) is 3.55. The van der Waals surface area contributed by atoms with Crippen molar-refractivity contribution >= 4 is 11.3 Å². The van der Waals surface area contributed by atoms with Crippen LogP contribution in [0.2, 0.25) is 0 Å². The first kappa shape index (κ1) is 14.7. The van der Waals surface area contributed by atoms with Crippen LogP contribution in [0, 0.1) is 6.92 Å². The van der Waals surface area contributed by atoms with Gasteiger partial charge in [0.15, 0.2) is 0 Å². The SMILES string of the molecule is Cc1cnc(C(C)N2CC(C)NCC2c2ccccc2)s1. The number of benzene rings is 1. The molecule has 112 valence electrons. The highest BCUT2D eigenvalue weighted by Crippen LogP contribution is 2.33. The molecule has 0 saturated carbocycles. The predicted molar refractivity (Wildman–Crippen MR) is 88.6 cm³/mol. The summed E-state index contributed by atoms with van der Waals surface area (Å²) in [6.07, 6.45) is 1.99. The van der Waals surface area contributed by atoms with Crippen molar-refractivity contribution in [2.24, 2.45) is 0 Å². The second-order valence-corrected chi connectivity index (χ2v) is 7.18. The quantitative estimate of drug-likeness (QED) is 0.940. The van der Waals surface area contributed by atoms with Crippen LogP contribution >= 0.6 is 11.3 Å². The molecule has 21 heavy (non-hydrogen) atoms. The van der Waals surface area contributed by atoms with Crippen LogP contribution in [0.25, 0.3) is 0 Å². The van der Waals surface area contributed by atoms with E-state index in [1.54, 1.807) is 0 Å². The molecular formula is C17H23N3S. The van der Waals surface area contributed by atoms with E-state index in [1.807, 2.05) is 17.5 Å². The molecule has 1 aliphatic heterocycles. The lowest BCUT2D eigenvalue weighted by Gasteiger charge is -2.42. The van der Waals surface area contributed by atoms with Crippen molar-refractivity contribution in [2.45, 2.75) is 38.9 Å². The zero-order chi connectivity index (χ0) is 14.8. The first-order chi connectivity index (χ1) is 10.1. The number of nitrogens with zero attached hydrogens (tertiary/aromatic N) is 2. The van der Waals surface area contributed by atoms with Gasteiger partial charge in [0, 0.05) is 36.2 Å². The monoisotopic (exact) mass is 301 g/mol. The van der Waals surface area contributed by atoms with Crippen molar-refractivity contribution in [3.8, 4) is 0 Å². The van der Waals surface area contributed by atoms with Gasteiger partial charge in [0.1, 0.15) is 5.01 Å². The lowest BCUT2D eigenvalue weighted by molar-refractivity contribution is 0.0927. The van der Waals surface area contributed by atoms with Crippen molar-refractivity contribution in [3.05, 3.63) is 52.0 Å². The van der Waals surface area contributed by atoms with E-state index in [4.69, 9.17) is 0 Å². The number of hydrogen-bond donors (Lipinski definition) is 1. The molecule has 0 radical (unpaired) electrons. The van der Waals surface area contributed by atoms with Crippen molar-refractivity contribution in [2.75, 3.05) is 13.1 Å². The third-order valence-electron chi connectivity index (χ3n) is 4.22. The molecule has 1 saturated heterocycles. The van der Waals surface area contributed by atoms with Gasteiger partial charge in [0.2, 0.25) is 0 Å². The van der Waals surface area contributed by atoms with Gasteiger partial charge < -0.3 is 5.32 Å². The van der Waals surface area contributed by atoms with Crippen LogP contribution in [0.1, 0.15) is 41.4 Å². The highest BCUT2D eigenvalue weighted by molar-refractivity contribution is 7.11. The second-order valence-electron chi connectivity index (χ2n) is 5.92. The van der Waals surface area contributed by atoms with Gasteiger partial charge in [-0.05, 0) is 26.3 Å². The van der Waals surface area contributed by atoms with E-state index < -0.39 is 0 Å². The fourth-order valence-corrected chi connectivity index (χ4v) is 3.90. The Morgan fingerprint density at radius 3 is 2.76 bits per heavy atom. The van der Waals surface area contributed by atoms with E-state index in [9.17, 15) is 0 Å². The van der Waals surface area contributed by atoms with Gasteiger partial charge in [0.25, 0.3) is 0 Å². The van der Waals surface area contributed by atoms with E-state index in [0.29, 0.717) is 18.1 Å². The van der Waals surface area contributed by atoms with Crippen molar-refractivity contribution in [1.82, 2.24) is 15.2 Å². The van der Waals surface area contributed by atoms with Crippen LogP contribution in [0.15, 0.2) is 36.5 Å². The van der Waals surface area contributed by atoms with Crippen LogP contribution in [-0.2, 0) is 0 Å². The maximum absolute atomic E-state index is 4.60. The summed E-state index contributed by atoms with van der Waals surface area (Å²) in [5.41, 5.74) is 1.39. The Bertz CT molecular complexity index is 581. The van der Waals surface area contributed by atoms with Crippen molar-refractivity contribution in [1.29, 1.82) is 0 Å². The van der Waals surface area contributed by atoms with Gasteiger partial charge in [-0.2, -0.15) is 0 Å². The molecule has 1 fully saturated rings. The van der Waals surface area contributed by atoms with Crippen molar-refractivity contribution in [3.63, 3.8) is 0 Å². The molecule has 3 unspecified atom stereocenters. The molecule has 4 heteroatoms. The molecule has 1 N–H and O–H groups in total. The highest BCUT2D eigenvalue weighted by atomic mass is 32.1. The minimum Gasteiger partial charge on any atom is -0.311 e. The van der Waals surface area contributed by atoms with Gasteiger partial charge in [0.05, 0.1) is 6.04 Å². The largest absolute Gasteiger partial charge is 0.311 e. The minimum absolute atomic E-state index is 0.360. The summed E-state index contributed by atoms with van der Waals surface area (Å²) in [5.74, 6) is 0. The Morgan fingerprint density at radius 2 is 2.10 bits per heavy atom. The topological polar surface area (TPSA) is 28.2 Å². The average Bonchev–Trinajstić information content (AvgIpc) is 2.94. The number of hydrogen-bond acceptors (Lipinski definition) is 4. The molecule has 2 heterocycles. The van der Waals surface area contributed by atoms with E-state index in [0.717, 1.165) is 13.1 Å². The first-order valence-electron chi connectivity index (χ1n) is 7.61. The lowest BCUT2D eigenvalue weighted by atomic mass is 9.99. The third-order valence-corrected chi connectivity index (χ3v) is 5.31. The second kappa shape index (κ2) is 6.26. The van der Waals surface area contributed by atoms with Crippen molar-refractivity contribution < 1.29 is 0 Å². The molecule has 0 bridgehead atoms. The number of rotatable bonds is 3. The van der Waals surface area contributed by atoms with Crippen LogP contribution in [0.4, 0.5) is 0 Å². The molecule has 1 aromatic heterocycles. The molecule has 0 spiro atoms. The third kappa shape index (κ3) is 3.18. The maximum Gasteiger partial charge on any atom is 0.110 e. The molecule has 3 rings (SSSR count). The molecule has 1 aromatic carbocycles. The fraction of sp³-hybridized carbons (Fsp3) is 0.471. The molecular weight excluding hydrogens is 278 g/mol. The summed E-state index contributed by atoms with van der Waals surface area (Å²) in [5, 5.41) is 4.84.